The molecule has 0 saturated carbocycles. The van der Waals surface area contributed by atoms with E-state index in [0.29, 0.717) is 11.8 Å². The zero-order chi connectivity index (χ0) is 25.0. The van der Waals surface area contributed by atoms with Gasteiger partial charge in [0.05, 0.1) is 19.8 Å². The number of rotatable bonds is 7. The highest BCUT2D eigenvalue weighted by atomic mass is 19.4. The fourth-order valence-electron chi connectivity index (χ4n) is 2.89. The molecule has 12 heteroatoms. The number of nitrogens with two attached hydrogens (primary N) is 1. The Bertz CT molecular complexity index is 1250. The average Bonchev–Trinajstić information content (AvgIpc) is 2.78. The third-order valence-corrected chi connectivity index (χ3v) is 4.50. The van der Waals surface area contributed by atoms with E-state index >= 15 is 0 Å². The van der Waals surface area contributed by atoms with E-state index in [9.17, 15) is 27.2 Å². The number of nitrogens with zero attached hydrogens (tertiary/aromatic N) is 1. The predicted octanol–water partition coefficient (Wildman–Crippen LogP) is 4.40. The maximum absolute atomic E-state index is 15.0. The van der Waals surface area contributed by atoms with Crippen LogP contribution in [-0.4, -0.2) is 31.0 Å². The van der Waals surface area contributed by atoms with Gasteiger partial charge in [0.15, 0.2) is 17.3 Å². The van der Waals surface area contributed by atoms with E-state index in [1.165, 1.54) is 38.5 Å². The van der Waals surface area contributed by atoms with Crippen LogP contribution in [0.2, 0.25) is 0 Å². The molecule has 2 amide bonds. The standard InChI is InChI=1S/C22H17F4N3O5/c1-32-12-3-5-15(17(10-12)33-2)34-16-6-4-13(22(24,25)26)19(23)18(16)21(31)29-11-7-8-28-14(9-11)20(27)30/h3-10H,1-2H3,(H2,27,30)(H,28,29,31). The lowest BCUT2D eigenvalue weighted by atomic mass is 10.1. The average molecular weight is 479 g/mol. The van der Waals surface area contributed by atoms with Crippen LogP contribution < -0.4 is 25.3 Å². The number of amides is 2. The summed E-state index contributed by atoms with van der Waals surface area (Å²) in [4.78, 5) is 27.9. The fraction of sp³-hybridized carbons (Fsp3) is 0.136. The summed E-state index contributed by atoms with van der Waals surface area (Å²) < 4.78 is 70.7. The Morgan fingerprint density at radius 1 is 0.971 bits per heavy atom. The van der Waals surface area contributed by atoms with Gasteiger partial charge in [-0.05, 0) is 36.4 Å². The van der Waals surface area contributed by atoms with Crippen molar-refractivity contribution in [2.24, 2.45) is 5.73 Å². The molecule has 178 valence electrons. The maximum Gasteiger partial charge on any atom is 0.419 e. The number of hydrogen-bond donors (Lipinski definition) is 2. The molecule has 8 nitrogen and oxygen atoms in total. The van der Waals surface area contributed by atoms with Crippen molar-refractivity contribution in [1.29, 1.82) is 0 Å². The van der Waals surface area contributed by atoms with Gasteiger partial charge >= 0.3 is 6.18 Å². The van der Waals surface area contributed by atoms with Gasteiger partial charge in [0, 0.05) is 18.0 Å². The van der Waals surface area contributed by atoms with Crippen LogP contribution in [-0.2, 0) is 6.18 Å². The van der Waals surface area contributed by atoms with Crippen LogP contribution in [0.1, 0.15) is 26.4 Å². The summed E-state index contributed by atoms with van der Waals surface area (Å²) in [5.41, 5.74) is 2.17. The van der Waals surface area contributed by atoms with Crippen molar-refractivity contribution in [3.05, 3.63) is 71.3 Å². The lowest BCUT2D eigenvalue weighted by Gasteiger charge is -2.17. The smallest absolute Gasteiger partial charge is 0.419 e. The number of methoxy groups -OCH3 is 2. The Kier molecular flexibility index (Phi) is 6.89. The molecule has 34 heavy (non-hydrogen) atoms. The molecular weight excluding hydrogens is 462 g/mol. The van der Waals surface area contributed by atoms with Crippen molar-refractivity contribution >= 4 is 17.5 Å². The van der Waals surface area contributed by atoms with Gasteiger partial charge < -0.3 is 25.3 Å². The van der Waals surface area contributed by atoms with E-state index in [0.717, 1.165) is 18.3 Å². The lowest BCUT2D eigenvalue weighted by molar-refractivity contribution is -0.140. The van der Waals surface area contributed by atoms with E-state index in [1.54, 1.807) is 0 Å². The van der Waals surface area contributed by atoms with Gasteiger partial charge in [0.25, 0.3) is 11.8 Å². The van der Waals surface area contributed by atoms with Crippen molar-refractivity contribution in [2.75, 3.05) is 19.5 Å². The van der Waals surface area contributed by atoms with Crippen LogP contribution in [0.4, 0.5) is 23.2 Å². The number of benzene rings is 2. The molecule has 1 aromatic heterocycles. The highest BCUT2D eigenvalue weighted by molar-refractivity contribution is 6.07. The summed E-state index contributed by atoms with van der Waals surface area (Å²) in [5.74, 6) is -4.05. The highest BCUT2D eigenvalue weighted by Gasteiger charge is 2.37. The molecule has 0 aliphatic rings. The molecule has 0 aliphatic carbocycles. The molecule has 0 aliphatic heterocycles. The first-order chi connectivity index (χ1) is 16.0. The summed E-state index contributed by atoms with van der Waals surface area (Å²) in [7, 11) is 2.72. The van der Waals surface area contributed by atoms with Crippen molar-refractivity contribution in [2.45, 2.75) is 6.18 Å². The second kappa shape index (κ2) is 9.65. The van der Waals surface area contributed by atoms with E-state index in [1.807, 2.05) is 0 Å². The van der Waals surface area contributed by atoms with Gasteiger partial charge in [0.1, 0.15) is 22.8 Å². The van der Waals surface area contributed by atoms with E-state index < -0.39 is 40.7 Å². The summed E-state index contributed by atoms with van der Waals surface area (Å²) in [6, 6.07) is 7.86. The molecule has 2 aromatic carbocycles. The van der Waals surface area contributed by atoms with Gasteiger partial charge in [-0.25, -0.2) is 4.39 Å². The van der Waals surface area contributed by atoms with Gasteiger partial charge in [-0.1, -0.05) is 0 Å². The third-order valence-electron chi connectivity index (χ3n) is 4.50. The Morgan fingerprint density at radius 3 is 2.29 bits per heavy atom. The zero-order valence-electron chi connectivity index (χ0n) is 17.7. The minimum atomic E-state index is -5.08. The number of nitrogens with one attached hydrogen (secondary N) is 1. The number of carbonyl (C=O) groups excluding carboxylic acids is 2. The van der Waals surface area contributed by atoms with Crippen LogP contribution >= 0.6 is 0 Å². The number of hydrogen-bond acceptors (Lipinski definition) is 6. The molecular formula is C22H17F4N3O5. The van der Waals surface area contributed by atoms with Crippen molar-refractivity contribution in [1.82, 2.24) is 4.98 Å². The first-order valence-corrected chi connectivity index (χ1v) is 9.42. The quantitative estimate of drug-likeness (QED) is 0.486. The molecule has 0 atom stereocenters. The highest BCUT2D eigenvalue weighted by Crippen LogP contribution is 2.40. The molecule has 0 saturated heterocycles. The first-order valence-electron chi connectivity index (χ1n) is 9.42. The summed E-state index contributed by atoms with van der Waals surface area (Å²) in [6.45, 7) is 0. The lowest BCUT2D eigenvalue weighted by Crippen LogP contribution is -2.19. The molecule has 3 rings (SSSR count). The number of carbonyl (C=O) groups is 2. The number of halogens is 4. The number of primary amides is 1. The van der Waals surface area contributed by atoms with Crippen LogP contribution in [0.15, 0.2) is 48.7 Å². The van der Waals surface area contributed by atoms with Crippen LogP contribution in [0, 0.1) is 5.82 Å². The Balaban J connectivity index is 2.08. The second-order valence-electron chi connectivity index (χ2n) is 6.66. The minimum Gasteiger partial charge on any atom is -0.497 e. The number of alkyl halides is 3. The van der Waals surface area contributed by atoms with E-state index in [-0.39, 0.29) is 22.9 Å². The minimum absolute atomic E-state index is 0.0172. The monoisotopic (exact) mass is 479 g/mol. The first kappa shape index (κ1) is 24.3. The van der Waals surface area contributed by atoms with Gasteiger partial charge in [0.2, 0.25) is 0 Å². The summed E-state index contributed by atoms with van der Waals surface area (Å²) in [5, 5.41) is 2.22. The molecule has 0 spiro atoms. The molecule has 0 fully saturated rings. The van der Waals surface area contributed by atoms with Crippen molar-refractivity contribution in [3.8, 4) is 23.0 Å². The Morgan fingerprint density at radius 2 is 1.68 bits per heavy atom. The van der Waals surface area contributed by atoms with Crippen LogP contribution in [0.5, 0.6) is 23.0 Å². The van der Waals surface area contributed by atoms with Gasteiger partial charge in [-0.3, -0.25) is 14.6 Å². The largest absolute Gasteiger partial charge is 0.497 e. The molecule has 0 unspecified atom stereocenters. The fourth-order valence-corrected chi connectivity index (χ4v) is 2.89. The number of anilines is 1. The van der Waals surface area contributed by atoms with Crippen LogP contribution in [0.25, 0.3) is 0 Å². The summed E-state index contributed by atoms with van der Waals surface area (Å²) in [6.07, 6.45) is -3.94. The van der Waals surface area contributed by atoms with Crippen molar-refractivity contribution < 1.29 is 41.4 Å². The van der Waals surface area contributed by atoms with E-state index in [4.69, 9.17) is 19.9 Å². The normalized spacial score (nSPS) is 11.0. The summed E-state index contributed by atoms with van der Waals surface area (Å²) >= 11 is 0. The maximum atomic E-state index is 15.0. The van der Waals surface area contributed by atoms with Crippen molar-refractivity contribution in [3.63, 3.8) is 0 Å². The molecule has 3 N–H and O–H groups in total. The Labute approximate surface area is 190 Å². The van der Waals surface area contributed by atoms with Crippen LogP contribution in [0.3, 0.4) is 0 Å². The van der Waals surface area contributed by atoms with Gasteiger partial charge in [-0.15, -0.1) is 0 Å². The Hall–Kier alpha value is -4.35. The molecule has 3 aromatic rings. The molecule has 0 radical (unpaired) electrons. The number of aromatic nitrogens is 1. The topological polar surface area (TPSA) is 113 Å². The number of ether oxygens (including phenoxy) is 3. The van der Waals surface area contributed by atoms with Gasteiger partial charge in [-0.2, -0.15) is 13.2 Å². The molecule has 1 heterocycles. The third kappa shape index (κ3) is 5.17. The SMILES string of the molecule is COc1ccc(Oc2ccc(C(F)(F)F)c(F)c2C(=O)Nc2ccnc(C(N)=O)c2)c(OC)c1. The predicted molar refractivity (Wildman–Crippen MR) is 112 cm³/mol. The van der Waals surface area contributed by atoms with E-state index in [2.05, 4.69) is 10.3 Å². The number of pyridine rings is 1. The molecule has 0 bridgehead atoms. The zero-order valence-corrected chi connectivity index (χ0v) is 17.7. The second-order valence-corrected chi connectivity index (χ2v) is 6.66.